The van der Waals surface area contributed by atoms with E-state index in [1.54, 1.807) is 0 Å². The molecule has 18 heteroatoms. The Bertz CT molecular complexity index is 1690. The smallest absolute Gasteiger partial charge is 0.456 e. The number of phosphoric acid groups is 2. The van der Waals surface area contributed by atoms with E-state index in [1.807, 2.05) is 5.92 Å². The average Bonchev–Trinajstić information content (AvgIpc) is 3.14. The molecular formula is C38H50O16P2. The molecule has 0 aromatic carbocycles. The molecule has 0 spiro atoms. The minimum Gasteiger partial charge on any atom is -0.456 e. The normalized spacial score (nSPS) is 21.5. The molecule has 1 saturated carbocycles. The van der Waals surface area contributed by atoms with Gasteiger partial charge < -0.3 is 44.6 Å². The van der Waals surface area contributed by atoms with Crippen LogP contribution in [0.3, 0.4) is 0 Å². The third-order valence-corrected chi connectivity index (χ3v) is 9.41. The van der Waals surface area contributed by atoms with Gasteiger partial charge in [0.05, 0.1) is 6.61 Å². The molecule has 0 saturated heterocycles. The Balaban J connectivity index is 2.82. The summed E-state index contributed by atoms with van der Waals surface area (Å²) in [5.41, 5.74) is 0. The van der Waals surface area contributed by atoms with Gasteiger partial charge in [0, 0.05) is 12.3 Å². The molecule has 308 valence electrons. The van der Waals surface area contributed by atoms with Crippen molar-refractivity contribution in [1.82, 2.24) is 0 Å². The van der Waals surface area contributed by atoms with Crippen LogP contribution in [0.15, 0.2) is 0 Å². The highest BCUT2D eigenvalue weighted by Gasteiger charge is 2.54. The van der Waals surface area contributed by atoms with Crippen LogP contribution in [0.2, 0.25) is 0 Å². The molecule has 16 nitrogen and oxygen atoms in total. The highest BCUT2D eigenvalue weighted by atomic mass is 31.2. The molecule has 0 aromatic heterocycles. The second-order valence-corrected chi connectivity index (χ2v) is 15.1. The number of carbonyl (C=O) groups excluding carboxylic acids is 2. The van der Waals surface area contributed by atoms with Gasteiger partial charge in [-0.05, 0) is 65.6 Å². The molecule has 0 aliphatic heterocycles. The van der Waals surface area contributed by atoms with Crippen molar-refractivity contribution in [2.24, 2.45) is 0 Å². The number of hydrogen-bond acceptors (Lipinski definition) is 13. The molecule has 7 N–H and O–H groups in total. The summed E-state index contributed by atoms with van der Waals surface area (Å²) in [6.07, 6.45) is 3.86. The number of rotatable bonds is 24. The first-order valence-corrected chi connectivity index (χ1v) is 21.1. The van der Waals surface area contributed by atoms with Crippen LogP contribution in [0.5, 0.6) is 0 Å². The monoisotopic (exact) mass is 824 g/mol. The molecule has 1 fully saturated rings. The first-order chi connectivity index (χ1) is 26.6. The van der Waals surface area contributed by atoms with Crippen molar-refractivity contribution in [2.45, 2.75) is 140 Å². The Morgan fingerprint density at radius 2 is 1.09 bits per heavy atom. The van der Waals surface area contributed by atoms with Crippen molar-refractivity contribution in [3.05, 3.63) is 0 Å². The molecule has 0 bridgehead atoms. The highest BCUT2D eigenvalue weighted by Crippen LogP contribution is 2.49. The summed E-state index contributed by atoms with van der Waals surface area (Å²) >= 11 is 0. The zero-order valence-electron chi connectivity index (χ0n) is 31.1. The quantitative estimate of drug-likeness (QED) is 0.0242. The van der Waals surface area contributed by atoms with Crippen LogP contribution in [-0.4, -0.2) is 103 Å². The minimum absolute atomic E-state index is 0.0333. The molecule has 56 heavy (non-hydrogen) atoms. The second kappa shape index (κ2) is 28.7. The fraction of sp³-hybridized carbons (Fsp3) is 0.632. The van der Waals surface area contributed by atoms with Gasteiger partial charge in [-0.1, -0.05) is 84.0 Å². The van der Waals surface area contributed by atoms with Gasteiger partial charge in [-0.3, -0.25) is 18.4 Å². The largest absolute Gasteiger partial charge is 0.472 e. The Morgan fingerprint density at radius 1 is 0.625 bits per heavy atom. The maximum Gasteiger partial charge on any atom is 0.472 e. The van der Waals surface area contributed by atoms with E-state index in [1.165, 1.54) is 44.9 Å². The third kappa shape index (κ3) is 23.4. The van der Waals surface area contributed by atoms with Gasteiger partial charge >= 0.3 is 27.6 Å². The number of ether oxygens (including phenoxy) is 2. The summed E-state index contributed by atoms with van der Waals surface area (Å²) in [5, 5.41) is 40.9. The lowest BCUT2D eigenvalue weighted by Crippen LogP contribution is -2.64. The van der Waals surface area contributed by atoms with Gasteiger partial charge in [-0.25, -0.2) is 13.9 Å². The number of carbonyl (C=O) groups is 2. The number of aliphatic hydroxyl groups excluding tert-OH is 4. The Kier molecular flexibility index (Phi) is 25.8. The lowest BCUT2D eigenvalue weighted by atomic mass is 9.85. The molecule has 0 radical (unpaired) electrons. The lowest BCUT2D eigenvalue weighted by Gasteiger charge is -2.43. The fourth-order valence-electron chi connectivity index (χ4n) is 5.14. The van der Waals surface area contributed by atoms with Gasteiger partial charge in [0.25, 0.3) is 0 Å². The van der Waals surface area contributed by atoms with E-state index in [9.17, 15) is 44.0 Å². The van der Waals surface area contributed by atoms with E-state index < -0.39 is 83.5 Å². The van der Waals surface area contributed by atoms with Crippen molar-refractivity contribution in [1.29, 1.82) is 0 Å². The predicted octanol–water partition coefficient (Wildman–Crippen LogP) is 2.01. The van der Waals surface area contributed by atoms with E-state index in [4.69, 9.17) is 34.7 Å². The number of hydrogen-bond donors (Lipinski definition) is 7. The number of terminal acetylenes is 1. The van der Waals surface area contributed by atoms with Gasteiger partial charge in [-0.2, -0.15) is 0 Å². The average molecular weight is 825 g/mol. The predicted molar refractivity (Wildman–Crippen MR) is 200 cm³/mol. The van der Waals surface area contributed by atoms with Crippen LogP contribution in [0, 0.1) is 71.5 Å². The van der Waals surface area contributed by atoms with Crippen LogP contribution >= 0.6 is 15.6 Å². The van der Waals surface area contributed by atoms with E-state index in [-0.39, 0.29) is 6.42 Å². The zero-order chi connectivity index (χ0) is 41.8. The number of esters is 2. The second-order valence-electron chi connectivity index (χ2n) is 12.5. The van der Waals surface area contributed by atoms with E-state index in [0.29, 0.717) is 6.42 Å². The summed E-state index contributed by atoms with van der Waals surface area (Å²) in [5.74, 6) is 23.0. The van der Waals surface area contributed by atoms with Gasteiger partial charge in [-0.15, -0.1) is 6.42 Å². The molecule has 0 aromatic rings. The van der Waals surface area contributed by atoms with Crippen LogP contribution in [0.4, 0.5) is 0 Å². The van der Waals surface area contributed by atoms with Gasteiger partial charge in [0.2, 0.25) is 0 Å². The summed E-state index contributed by atoms with van der Waals surface area (Å²) in [6, 6.07) is 0. The van der Waals surface area contributed by atoms with Crippen molar-refractivity contribution in [3.8, 4) is 71.5 Å². The van der Waals surface area contributed by atoms with Crippen LogP contribution < -0.4 is 0 Å². The first kappa shape index (κ1) is 50.4. The maximum absolute atomic E-state index is 12.8. The molecule has 4 unspecified atom stereocenters. The van der Waals surface area contributed by atoms with Crippen LogP contribution in [0.1, 0.15) is 96.8 Å². The van der Waals surface area contributed by atoms with Crippen molar-refractivity contribution >= 4 is 27.6 Å². The molecule has 1 aliphatic carbocycles. The molecule has 1 rings (SSSR count). The van der Waals surface area contributed by atoms with Crippen molar-refractivity contribution < 1.29 is 76.9 Å². The topological polar surface area (TPSA) is 256 Å². The summed E-state index contributed by atoms with van der Waals surface area (Å²) in [7, 11) is -10.8. The van der Waals surface area contributed by atoms with Crippen molar-refractivity contribution in [2.75, 3.05) is 13.2 Å². The number of aliphatic hydroxyl groups is 4. The van der Waals surface area contributed by atoms with Crippen molar-refractivity contribution in [3.63, 3.8) is 0 Å². The zero-order valence-corrected chi connectivity index (χ0v) is 32.9. The first-order valence-electron chi connectivity index (χ1n) is 18.1. The molecule has 0 amide bonds. The highest BCUT2D eigenvalue weighted by molar-refractivity contribution is 7.47. The maximum atomic E-state index is 12.8. The SMILES string of the molecule is C#CC#CC#CC#CC#CC#CC(=O)OC[C@H](COP(=O)(O)OC1C(O)[C@H](O)[C@@H](O)C(OP(=O)(O)O)[C@@H]1O)OC(=O)CCCCCCCCCCCCCCC. The Labute approximate surface area is 328 Å². The molecule has 1 aliphatic rings. The standard InChI is InChI=1S/C38H50O16P2/c1-3-5-7-9-11-13-15-16-17-19-21-23-25-27-32(40)52-30(28-50-31(39)26-24-22-20-18-14-12-10-8-6-4-2)29-51-56(48,49)54-38-35(43)33(41)34(42)37(36(38)44)53-55(45,46)47/h2,30,33-38,41-44H,3,5,7,9,11,13,15-17,19,21,23,25,27-29H2,1H3,(H,48,49)(H2,45,46,47)/t30-,33-,34-,35?,36+,37?,38?/m1/s1. The summed E-state index contributed by atoms with van der Waals surface area (Å²) in [4.78, 5) is 53.4. The fourth-order valence-corrected chi connectivity index (χ4v) is 6.68. The van der Waals surface area contributed by atoms with E-state index in [2.05, 4.69) is 70.7 Å². The molecule has 0 heterocycles. The Hall–Kier alpha value is -3.64. The number of unbranched alkanes of at least 4 members (excludes halogenated alkanes) is 12. The Morgan fingerprint density at radius 3 is 1.59 bits per heavy atom. The molecular weight excluding hydrogens is 774 g/mol. The van der Waals surface area contributed by atoms with E-state index >= 15 is 0 Å². The van der Waals surface area contributed by atoms with E-state index in [0.717, 1.165) is 32.1 Å². The van der Waals surface area contributed by atoms with Gasteiger partial charge in [0.1, 0.15) is 43.2 Å². The van der Waals surface area contributed by atoms with Crippen LogP contribution in [0.25, 0.3) is 0 Å². The van der Waals surface area contributed by atoms with Crippen LogP contribution in [-0.2, 0) is 41.8 Å². The minimum atomic E-state index is -5.39. The third-order valence-electron chi connectivity index (χ3n) is 7.90. The number of phosphoric ester groups is 2. The van der Waals surface area contributed by atoms with Gasteiger partial charge in [0.15, 0.2) is 6.10 Å². The lowest BCUT2D eigenvalue weighted by molar-refractivity contribution is -0.216. The summed E-state index contributed by atoms with van der Waals surface area (Å²) in [6.45, 7) is 0.517. The molecule has 8 atom stereocenters. The summed E-state index contributed by atoms with van der Waals surface area (Å²) < 4.78 is 48.4.